The van der Waals surface area contributed by atoms with Crippen LogP contribution in [-0.4, -0.2) is 50.5 Å². The standard InChI is InChI=1S/C31H49NO3/c1-30-12-9-25(35-20-19-33-18-16-32-14-3-4-15-32)21-24(30)5-6-26-28-8-7-27(23-11-17-34-22-23)31(28,2)13-10-29(26)30/h11,17,22,24-29H,3-10,12-16,18-21H2,1-2H3/t24-,25+,26+,27?,28+,29+,30+,31-/m1/s1. The molecule has 8 atom stereocenters. The molecule has 1 saturated heterocycles. The zero-order chi connectivity index (χ0) is 23.9. The van der Waals surface area contributed by atoms with Crippen molar-refractivity contribution in [2.75, 3.05) is 39.5 Å². The molecule has 1 aliphatic heterocycles. The number of furan rings is 1. The van der Waals surface area contributed by atoms with Crippen molar-refractivity contribution < 1.29 is 13.9 Å². The molecule has 0 spiro atoms. The third kappa shape index (κ3) is 4.55. The van der Waals surface area contributed by atoms with E-state index in [1.165, 1.54) is 89.3 Å². The summed E-state index contributed by atoms with van der Waals surface area (Å²) in [5, 5.41) is 0. The number of hydrogen-bond acceptors (Lipinski definition) is 4. The Morgan fingerprint density at radius 2 is 1.74 bits per heavy atom. The summed E-state index contributed by atoms with van der Waals surface area (Å²) in [6.07, 6.45) is 19.5. The van der Waals surface area contributed by atoms with Crippen molar-refractivity contribution >= 4 is 0 Å². The molecule has 0 radical (unpaired) electrons. The Bertz CT molecular complexity index is 819. The van der Waals surface area contributed by atoms with Crippen LogP contribution in [0.4, 0.5) is 0 Å². The number of rotatable bonds is 8. The highest BCUT2D eigenvalue weighted by molar-refractivity contribution is 5.22. The van der Waals surface area contributed by atoms with Crippen molar-refractivity contribution in [3.63, 3.8) is 0 Å². The summed E-state index contributed by atoms with van der Waals surface area (Å²) in [6.45, 7) is 11.3. The van der Waals surface area contributed by atoms with E-state index in [1.807, 2.05) is 12.5 Å². The van der Waals surface area contributed by atoms with E-state index in [-0.39, 0.29) is 0 Å². The SMILES string of the molecule is C[C@]12CC[C@H](OCCOCCN3CCCC3)C[C@H]1CC[C@@H]1[C@@H]2CC[C@]2(C)C(c3ccoc3)CC[C@@H]12. The smallest absolute Gasteiger partial charge is 0.0937 e. The molecular formula is C31H49NO3. The van der Waals surface area contributed by atoms with Crippen LogP contribution in [-0.2, 0) is 9.47 Å². The molecule has 1 aromatic heterocycles. The van der Waals surface area contributed by atoms with E-state index < -0.39 is 0 Å². The Balaban J connectivity index is 1.00. The zero-order valence-corrected chi connectivity index (χ0v) is 22.4. The van der Waals surface area contributed by atoms with Crippen molar-refractivity contribution in [1.29, 1.82) is 0 Å². The monoisotopic (exact) mass is 483 g/mol. The predicted molar refractivity (Wildman–Crippen MR) is 139 cm³/mol. The molecule has 2 heterocycles. The molecule has 5 fully saturated rings. The van der Waals surface area contributed by atoms with Crippen molar-refractivity contribution in [1.82, 2.24) is 4.90 Å². The Hall–Kier alpha value is -0.840. The van der Waals surface area contributed by atoms with Crippen LogP contribution in [0.3, 0.4) is 0 Å². The van der Waals surface area contributed by atoms with Crippen LogP contribution in [0.15, 0.2) is 23.0 Å². The summed E-state index contributed by atoms with van der Waals surface area (Å²) in [6, 6.07) is 2.24. The first kappa shape index (κ1) is 24.5. The topological polar surface area (TPSA) is 34.8 Å². The second kappa shape index (κ2) is 10.1. The molecule has 1 unspecified atom stereocenters. The lowest BCUT2D eigenvalue weighted by Gasteiger charge is -2.61. The van der Waals surface area contributed by atoms with Gasteiger partial charge >= 0.3 is 0 Å². The lowest BCUT2D eigenvalue weighted by atomic mass is 9.44. The predicted octanol–water partition coefficient (Wildman–Crippen LogP) is 6.90. The average molecular weight is 484 g/mol. The van der Waals surface area contributed by atoms with Crippen molar-refractivity contribution in [2.45, 2.75) is 96.5 Å². The van der Waals surface area contributed by atoms with E-state index >= 15 is 0 Å². The molecule has 4 saturated carbocycles. The van der Waals surface area contributed by atoms with Crippen molar-refractivity contribution in [3.05, 3.63) is 24.2 Å². The third-order valence-corrected chi connectivity index (χ3v) is 11.9. The Morgan fingerprint density at radius 3 is 2.57 bits per heavy atom. The summed E-state index contributed by atoms with van der Waals surface area (Å²) in [7, 11) is 0. The van der Waals surface area contributed by atoms with E-state index in [0.717, 1.165) is 50.0 Å². The number of hydrogen-bond donors (Lipinski definition) is 0. The van der Waals surface area contributed by atoms with Gasteiger partial charge in [-0.05, 0) is 136 Å². The first-order valence-electron chi connectivity index (χ1n) is 15.0. The average Bonchev–Trinajstić information content (AvgIpc) is 3.62. The van der Waals surface area contributed by atoms with Gasteiger partial charge in [0.05, 0.1) is 38.5 Å². The first-order chi connectivity index (χ1) is 17.1. The van der Waals surface area contributed by atoms with E-state index in [0.29, 0.717) is 22.9 Å². The molecule has 4 heteroatoms. The summed E-state index contributed by atoms with van der Waals surface area (Å²) in [4.78, 5) is 2.52. The van der Waals surface area contributed by atoms with Gasteiger partial charge in [-0.25, -0.2) is 0 Å². The molecule has 6 rings (SSSR count). The highest BCUT2D eigenvalue weighted by Crippen LogP contribution is 2.69. The van der Waals surface area contributed by atoms with E-state index in [4.69, 9.17) is 13.9 Å². The van der Waals surface area contributed by atoms with Crippen LogP contribution in [0.25, 0.3) is 0 Å². The summed E-state index contributed by atoms with van der Waals surface area (Å²) in [5.41, 5.74) is 2.47. The van der Waals surface area contributed by atoms with Gasteiger partial charge in [0.25, 0.3) is 0 Å². The largest absolute Gasteiger partial charge is 0.472 e. The summed E-state index contributed by atoms with van der Waals surface area (Å²) in [5.74, 6) is 4.34. The van der Waals surface area contributed by atoms with Gasteiger partial charge < -0.3 is 18.8 Å². The Kier molecular flexibility index (Phi) is 7.10. The Morgan fingerprint density at radius 1 is 0.914 bits per heavy atom. The molecule has 5 aliphatic rings. The first-order valence-corrected chi connectivity index (χ1v) is 15.0. The molecule has 0 N–H and O–H groups in total. The van der Waals surface area contributed by atoms with Gasteiger partial charge in [0, 0.05) is 6.54 Å². The second-order valence-electron chi connectivity index (χ2n) is 13.3. The van der Waals surface area contributed by atoms with Crippen LogP contribution in [0.1, 0.15) is 96.0 Å². The van der Waals surface area contributed by atoms with Crippen LogP contribution >= 0.6 is 0 Å². The lowest BCUT2D eigenvalue weighted by molar-refractivity contribution is -0.133. The molecule has 4 nitrogen and oxygen atoms in total. The maximum Gasteiger partial charge on any atom is 0.0937 e. The fourth-order valence-electron chi connectivity index (χ4n) is 9.97. The molecule has 0 amide bonds. The summed E-state index contributed by atoms with van der Waals surface area (Å²) >= 11 is 0. The normalized spacial score (nSPS) is 43.6. The van der Waals surface area contributed by atoms with Gasteiger partial charge in [-0.15, -0.1) is 0 Å². The zero-order valence-electron chi connectivity index (χ0n) is 22.4. The maximum absolute atomic E-state index is 6.38. The molecule has 0 bridgehead atoms. The van der Waals surface area contributed by atoms with Crippen LogP contribution in [0.5, 0.6) is 0 Å². The van der Waals surface area contributed by atoms with Crippen molar-refractivity contribution in [2.24, 2.45) is 34.5 Å². The molecule has 1 aromatic rings. The molecular weight excluding hydrogens is 434 g/mol. The van der Waals surface area contributed by atoms with Crippen LogP contribution in [0.2, 0.25) is 0 Å². The third-order valence-electron chi connectivity index (χ3n) is 11.9. The van der Waals surface area contributed by atoms with Gasteiger partial charge in [0.2, 0.25) is 0 Å². The van der Waals surface area contributed by atoms with E-state index in [2.05, 4.69) is 24.8 Å². The minimum Gasteiger partial charge on any atom is -0.472 e. The van der Waals surface area contributed by atoms with E-state index in [9.17, 15) is 0 Å². The van der Waals surface area contributed by atoms with Gasteiger partial charge in [-0.3, -0.25) is 0 Å². The summed E-state index contributed by atoms with van der Waals surface area (Å²) < 4.78 is 17.8. The minimum atomic E-state index is 0.456. The highest BCUT2D eigenvalue weighted by atomic mass is 16.5. The number of ether oxygens (including phenoxy) is 2. The number of nitrogens with zero attached hydrogens (tertiary/aromatic N) is 1. The molecule has 196 valence electrons. The fraction of sp³-hybridized carbons (Fsp3) is 0.871. The maximum atomic E-state index is 6.38. The molecule has 0 aromatic carbocycles. The van der Waals surface area contributed by atoms with Gasteiger partial charge in [0.15, 0.2) is 0 Å². The minimum absolute atomic E-state index is 0.456. The Labute approximate surface area is 213 Å². The van der Waals surface area contributed by atoms with E-state index in [1.54, 1.807) is 0 Å². The molecule has 4 aliphatic carbocycles. The quantitative estimate of drug-likeness (QED) is 0.377. The van der Waals surface area contributed by atoms with Crippen LogP contribution < -0.4 is 0 Å². The van der Waals surface area contributed by atoms with Gasteiger partial charge in [-0.2, -0.15) is 0 Å². The van der Waals surface area contributed by atoms with Crippen molar-refractivity contribution in [3.8, 4) is 0 Å². The highest BCUT2D eigenvalue weighted by Gasteiger charge is 2.60. The number of fused-ring (bicyclic) bond motifs is 5. The molecule has 35 heavy (non-hydrogen) atoms. The lowest BCUT2D eigenvalue weighted by Crippen LogP contribution is -2.53. The second-order valence-corrected chi connectivity index (χ2v) is 13.3. The fourth-order valence-corrected chi connectivity index (χ4v) is 9.97. The van der Waals surface area contributed by atoms with Gasteiger partial charge in [0.1, 0.15) is 0 Å². The van der Waals surface area contributed by atoms with Gasteiger partial charge in [-0.1, -0.05) is 13.8 Å². The number of likely N-dealkylation sites (tertiary alicyclic amines) is 1. The van der Waals surface area contributed by atoms with Crippen LogP contribution in [0, 0.1) is 34.5 Å².